The van der Waals surface area contributed by atoms with Gasteiger partial charge in [-0.1, -0.05) is 6.07 Å². The van der Waals surface area contributed by atoms with Crippen LogP contribution in [0.1, 0.15) is 42.9 Å². The molecule has 0 radical (unpaired) electrons. The van der Waals surface area contributed by atoms with Crippen LogP contribution < -0.4 is 0 Å². The Morgan fingerprint density at radius 1 is 1.33 bits per heavy atom. The number of likely N-dealkylation sites (tertiary alicyclic amines) is 1. The summed E-state index contributed by atoms with van der Waals surface area (Å²) in [5.41, 5.74) is 2.41. The lowest BCUT2D eigenvalue weighted by Gasteiger charge is -2.51. The second-order valence-corrected chi connectivity index (χ2v) is 7.81. The average Bonchev–Trinajstić information content (AvgIpc) is 2.88. The lowest BCUT2D eigenvalue weighted by atomic mass is 9.78. The van der Waals surface area contributed by atoms with Crippen LogP contribution in [0.2, 0.25) is 0 Å². The molecule has 0 saturated carbocycles. The molecule has 4 nitrogen and oxygen atoms in total. The molecule has 3 fully saturated rings. The molecule has 0 aromatic heterocycles. The molecule has 1 aromatic carbocycles. The van der Waals surface area contributed by atoms with Gasteiger partial charge in [0.2, 0.25) is 0 Å². The molecule has 4 atom stereocenters. The van der Waals surface area contributed by atoms with Gasteiger partial charge in [-0.25, -0.2) is 4.39 Å². The number of aliphatic hydroxyl groups excluding tert-OH is 1. The second kappa shape index (κ2) is 6.06. The van der Waals surface area contributed by atoms with Crippen molar-refractivity contribution in [3.63, 3.8) is 0 Å². The molecule has 1 N–H and O–H groups in total. The van der Waals surface area contributed by atoms with E-state index in [-0.39, 0.29) is 11.4 Å². The van der Waals surface area contributed by atoms with Crippen LogP contribution in [-0.4, -0.2) is 59.5 Å². The van der Waals surface area contributed by atoms with E-state index in [2.05, 4.69) is 16.8 Å². The Hall–Kier alpha value is -1.01. The Bertz CT molecular complexity index is 625. The summed E-state index contributed by atoms with van der Waals surface area (Å²) in [5.74, 6) is -0.165. The molecule has 3 heterocycles. The van der Waals surface area contributed by atoms with Crippen molar-refractivity contribution in [2.45, 2.75) is 56.5 Å². The Morgan fingerprint density at radius 3 is 2.96 bits per heavy atom. The largest absolute Gasteiger partial charge is 0.367 e. The Balaban J connectivity index is 1.63. The minimum Gasteiger partial charge on any atom is -0.367 e. The van der Waals surface area contributed by atoms with E-state index in [1.807, 2.05) is 13.0 Å². The van der Waals surface area contributed by atoms with Gasteiger partial charge in [0, 0.05) is 24.2 Å². The quantitative estimate of drug-likeness (QED) is 0.856. The number of ether oxygens (including phenoxy) is 1. The van der Waals surface area contributed by atoms with Gasteiger partial charge in [0.25, 0.3) is 0 Å². The smallest absolute Gasteiger partial charge is 0.167 e. The maximum atomic E-state index is 13.5. The minimum absolute atomic E-state index is 0.146. The van der Waals surface area contributed by atoms with E-state index < -0.39 is 6.29 Å². The minimum atomic E-state index is -0.665. The third-order valence-corrected chi connectivity index (χ3v) is 6.45. The van der Waals surface area contributed by atoms with Crippen LogP contribution >= 0.6 is 0 Å². The molecule has 1 aromatic rings. The van der Waals surface area contributed by atoms with Crippen molar-refractivity contribution < 1.29 is 14.2 Å². The third-order valence-electron chi connectivity index (χ3n) is 6.45. The first-order valence-electron chi connectivity index (χ1n) is 9.01. The van der Waals surface area contributed by atoms with Crippen LogP contribution in [0.25, 0.3) is 0 Å². The molecule has 3 aliphatic rings. The van der Waals surface area contributed by atoms with Crippen LogP contribution in [0.3, 0.4) is 0 Å². The van der Waals surface area contributed by atoms with Gasteiger partial charge in [-0.05, 0) is 62.9 Å². The van der Waals surface area contributed by atoms with Crippen molar-refractivity contribution in [2.75, 3.05) is 26.7 Å². The van der Waals surface area contributed by atoms with Crippen LogP contribution in [0.4, 0.5) is 4.39 Å². The number of β-amino-alcohol motifs (C(OH)–C–C–N with tert-alkyl or cyclic N) is 1. The van der Waals surface area contributed by atoms with Crippen LogP contribution in [-0.2, 0) is 4.74 Å². The van der Waals surface area contributed by atoms with Gasteiger partial charge in [0.1, 0.15) is 5.82 Å². The Labute approximate surface area is 143 Å². The SMILES string of the molecule is Cc1cc(F)ccc1C1CC2(CCC3COC(O)CN32)CCN1C. The van der Waals surface area contributed by atoms with Crippen molar-refractivity contribution in [1.82, 2.24) is 9.80 Å². The van der Waals surface area contributed by atoms with Crippen molar-refractivity contribution >= 4 is 0 Å². The Kier molecular flexibility index (Phi) is 4.15. The number of hydrogen-bond acceptors (Lipinski definition) is 4. The summed E-state index contributed by atoms with van der Waals surface area (Å²) in [6, 6.07) is 5.91. The highest BCUT2D eigenvalue weighted by molar-refractivity contribution is 5.31. The van der Waals surface area contributed by atoms with E-state index in [0.717, 1.165) is 31.4 Å². The van der Waals surface area contributed by atoms with Gasteiger partial charge in [0.15, 0.2) is 6.29 Å². The molecule has 4 rings (SSSR count). The maximum absolute atomic E-state index is 13.5. The molecule has 0 bridgehead atoms. The fourth-order valence-electron chi connectivity index (χ4n) is 5.09. The predicted octanol–water partition coefficient (Wildman–Crippen LogP) is 2.45. The van der Waals surface area contributed by atoms with Gasteiger partial charge >= 0.3 is 0 Å². The second-order valence-electron chi connectivity index (χ2n) is 7.81. The summed E-state index contributed by atoms with van der Waals surface area (Å²) in [7, 11) is 2.17. The van der Waals surface area contributed by atoms with Gasteiger partial charge in [-0.3, -0.25) is 9.80 Å². The van der Waals surface area contributed by atoms with E-state index in [1.54, 1.807) is 12.1 Å². The Morgan fingerprint density at radius 2 is 2.17 bits per heavy atom. The monoisotopic (exact) mass is 334 g/mol. The van der Waals surface area contributed by atoms with Crippen LogP contribution in [0.15, 0.2) is 18.2 Å². The number of rotatable bonds is 1. The fraction of sp³-hybridized carbons (Fsp3) is 0.684. The summed E-state index contributed by atoms with van der Waals surface area (Å²) in [6.07, 6.45) is 3.81. The summed E-state index contributed by atoms with van der Waals surface area (Å²) >= 11 is 0. The maximum Gasteiger partial charge on any atom is 0.167 e. The van der Waals surface area contributed by atoms with Gasteiger partial charge in [-0.2, -0.15) is 0 Å². The number of hydrogen-bond donors (Lipinski definition) is 1. The first kappa shape index (κ1) is 16.5. The zero-order chi connectivity index (χ0) is 16.9. The molecule has 132 valence electrons. The molecule has 24 heavy (non-hydrogen) atoms. The number of nitrogens with zero attached hydrogens (tertiary/aromatic N) is 2. The number of aryl methyl sites for hydroxylation is 1. The number of morpholine rings is 1. The summed E-state index contributed by atoms with van der Waals surface area (Å²) in [4.78, 5) is 4.91. The standard InChI is InChI=1S/C19H27FN2O2/c1-13-9-14(20)3-4-16(13)17-10-19(7-8-21(17)2)6-5-15-12-24-18(23)11-22(15)19/h3-4,9,15,17-18,23H,5-8,10-12H2,1-2H3. The topological polar surface area (TPSA) is 35.9 Å². The molecule has 0 aliphatic carbocycles. The average molecular weight is 334 g/mol. The number of halogens is 1. The van der Waals surface area contributed by atoms with E-state index in [1.165, 1.54) is 12.0 Å². The van der Waals surface area contributed by atoms with E-state index in [9.17, 15) is 9.50 Å². The highest BCUT2D eigenvalue weighted by atomic mass is 19.1. The molecule has 4 unspecified atom stereocenters. The number of piperidine rings is 1. The lowest BCUT2D eigenvalue weighted by molar-refractivity contribution is -0.179. The molecule has 5 heteroatoms. The van der Waals surface area contributed by atoms with Crippen molar-refractivity contribution in [1.29, 1.82) is 0 Å². The van der Waals surface area contributed by atoms with Gasteiger partial charge in [-0.15, -0.1) is 0 Å². The number of benzene rings is 1. The lowest BCUT2D eigenvalue weighted by Crippen LogP contribution is -2.59. The molecule has 3 aliphatic heterocycles. The molecule has 3 saturated heterocycles. The van der Waals surface area contributed by atoms with E-state index in [0.29, 0.717) is 25.2 Å². The summed E-state index contributed by atoms with van der Waals surface area (Å²) in [5, 5.41) is 9.96. The van der Waals surface area contributed by atoms with Crippen molar-refractivity contribution in [2.24, 2.45) is 0 Å². The molecular formula is C19H27FN2O2. The van der Waals surface area contributed by atoms with E-state index >= 15 is 0 Å². The highest BCUT2D eigenvalue weighted by Crippen LogP contribution is 2.48. The number of aliphatic hydroxyl groups is 1. The number of fused-ring (bicyclic) bond motifs is 2. The zero-order valence-corrected chi connectivity index (χ0v) is 14.5. The molecular weight excluding hydrogens is 307 g/mol. The predicted molar refractivity (Wildman–Crippen MR) is 90.2 cm³/mol. The summed E-state index contributed by atoms with van der Waals surface area (Å²) < 4.78 is 19.0. The fourth-order valence-corrected chi connectivity index (χ4v) is 5.09. The van der Waals surface area contributed by atoms with Gasteiger partial charge in [0.05, 0.1) is 13.2 Å². The molecule has 0 amide bonds. The highest BCUT2D eigenvalue weighted by Gasteiger charge is 2.51. The van der Waals surface area contributed by atoms with Crippen LogP contribution in [0, 0.1) is 12.7 Å². The zero-order valence-electron chi connectivity index (χ0n) is 14.5. The first-order valence-corrected chi connectivity index (χ1v) is 9.01. The third kappa shape index (κ3) is 2.68. The van der Waals surface area contributed by atoms with Crippen LogP contribution in [0.5, 0.6) is 0 Å². The van der Waals surface area contributed by atoms with Gasteiger partial charge < -0.3 is 9.84 Å². The molecule has 1 spiro atoms. The summed E-state index contributed by atoms with van der Waals surface area (Å²) in [6.45, 7) is 4.29. The van der Waals surface area contributed by atoms with E-state index in [4.69, 9.17) is 4.74 Å². The normalized spacial score (nSPS) is 37.8. The van der Waals surface area contributed by atoms with Crippen molar-refractivity contribution in [3.8, 4) is 0 Å². The van der Waals surface area contributed by atoms with Crippen molar-refractivity contribution in [3.05, 3.63) is 35.1 Å². The first-order chi connectivity index (χ1) is 11.5.